The molecule has 7 nitrogen and oxygen atoms in total. The third kappa shape index (κ3) is 4.32. The predicted octanol–water partition coefficient (Wildman–Crippen LogP) is 0.889. The van der Waals surface area contributed by atoms with E-state index >= 15 is 0 Å². The maximum Gasteiger partial charge on any atom is 0.345 e. The number of hydrogen-bond acceptors (Lipinski definition) is 5. The average molecular weight is 362 g/mol. The number of aromatic amines is 1. The molecule has 2 fully saturated rings. The lowest BCUT2D eigenvalue weighted by molar-refractivity contribution is -0.133. The zero-order chi connectivity index (χ0) is 18.7. The van der Waals surface area contributed by atoms with Crippen LogP contribution in [0.15, 0.2) is 4.79 Å². The smallest absolute Gasteiger partial charge is 0.345 e. The van der Waals surface area contributed by atoms with Crippen molar-refractivity contribution in [3.63, 3.8) is 0 Å². The summed E-state index contributed by atoms with van der Waals surface area (Å²) in [7, 11) is 0. The van der Waals surface area contributed by atoms with Gasteiger partial charge in [0, 0.05) is 43.4 Å². The molecular formula is C19H30N4O3. The van der Waals surface area contributed by atoms with Crippen molar-refractivity contribution >= 4 is 5.91 Å². The number of aromatic nitrogens is 2. The van der Waals surface area contributed by atoms with E-state index in [2.05, 4.69) is 21.8 Å². The van der Waals surface area contributed by atoms with E-state index in [9.17, 15) is 9.59 Å². The van der Waals surface area contributed by atoms with Crippen molar-refractivity contribution < 1.29 is 9.53 Å². The topological polar surface area (TPSA) is 78.5 Å². The van der Waals surface area contributed by atoms with E-state index < -0.39 is 0 Å². The Bertz CT molecular complexity index is 676. The van der Waals surface area contributed by atoms with Gasteiger partial charge in [-0.05, 0) is 38.8 Å². The summed E-state index contributed by atoms with van der Waals surface area (Å²) in [6.45, 7) is 11.0. The predicted molar refractivity (Wildman–Crippen MR) is 99.2 cm³/mol. The summed E-state index contributed by atoms with van der Waals surface area (Å²) in [4.78, 5) is 35.6. The molecule has 1 N–H and O–H groups in total. The Hall–Kier alpha value is -1.73. The van der Waals surface area contributed by atoms with E-state index in [1.54, 1.807) is 0 Å². The molecule has 3 heterocycles. The molecular weight excluding hydrogens is 332 g/mol. The number of H-pyrrole nitrogens is 1. The van der Waals surface area contributed by atoms with Gasteiger partial charge < -0.3 is 19.5 Å². The Morgan fingerprint density at radius 3 is 2.81 bits per heavy atom. The van der Waals surface area contributed by atoms with Gasteiger partial charge in [0.25, 0.3) is 0 Å². The summed E-state index contributed by atoms with van der Waals surface area (Å²) < 4.78 is 5.81. The number of hydrogen-bond donors (Lipinski definition) is 1. The van der Waals surface area contributed by atoms with Crippen molar-refractivity contribution in [2.24, 2.45) is 5.92 Å². The maximum absolute atomic E-state index is 13.0. The Labute approximate surface area is 154 Å². The fourth-order valence-corrected chi connectivity index (χ4v) is 4.24. The molecule has 0 aliphatic carbocycles. The van der Waals surface area contributed by atoms with Crippen LogP contribution in [0.2, 0.25) is 0 Å². The van der Waals surface area contributed by atoms with Crippen LogP contribution in [0, 0.1) is 19.8 Å². The molecule has 0 spiro atoms. The Balaban J connectivity index is 1.68. The van der Waals surface area contributed by atoms with Crippen LogP contribution in [0.4, 0.5) is 0 Å². The number of fused-ring (bicyclic) bond motifs is 3. The monoisotopic (exact) mass is 362 g/mol. The van der Waals surface area contributed by atoms with Crippen molar-refractivity contribution in [1.82, 2.24) is 19.8 Å². The number of carbonyl (C=O) groups excluding carboxylic acids is 1. The molecule has 1 aromatic heterocycles. The third-order valence-electron chi connectivity index (χ3n) is 5.45. The van der Waals surface area contributed by atoms with Gasteiger partial charge in [-0.25, -0.2) is 4.79 Å². The fourth-order valence-electron chi connectivity index (χ4n) is 4.24. The van der Waals surface area contributed by atoms with E-state index in [0.29, 0.717) is 31.1 Å². The van der Waals surface area contributed by atoms with Crippen LogP contribution in [0.1, 0.15) is 36.7 Å². The van der Waals surface area contributed by atoms with Crippen molar-refractivity contribution in [3.8, 4) is 0 Å². The lowest BCUT2D eigenvalue weighted by Gasteiger charge is -2.31. The average Bonchev–Trinajstić information content (AvgIpc) is 2.84. The minimum Gasteiger partial charge on any atom is -0.379 e. The summed E-state index contributed by atoms with van der Waals surface area (Å²) in [5.41, 5.74) is 2.16. The van der Waals surface area contributed by atoms with Gasteiger partial charge in [-0.3, -0.25) is 4.79 Å². The summed E-state index contributed by atoms with van der Waals surface area (Å²) in [5.74, 6) is 0.560. The van der Waals surface area contributed by atoms with E-state index in [1.807, 2.05) is 18.7 Å². The van der Waals surface area contributed by atoms with E-state index in [4.69, 9.17) is 4.74 Å². The molecule has 1 aromatic rings. The maximum atomic E-state index is 13.0. The highest BCUT2D eigenvalue weighted by molar-refractivity contribution is 5.77. The number of nitrogens with zero attached hydrogens (tertiary/aromatic N) is 3. The molecule has 2 atom stereocenters. The van der Waals surface area contributed by atoms with Gasteiger partial charge in [0.15, 0.2) is 0 Å². The zero-order valence-electron chi connectivity index (χ0n) is 16.1. The number of aryl methyl sites for hydroxylation is 2. The highest BCUT2D eigenvalue weighted by atomic mass is 16.5. The van der Waals surface area contributed by atoms with E-state index in [0.717, 1.165) is 50.5 Å². The number of carbonyl (C=O) groups is 1. The molecule has 3 rings (SSSR count). The Kier molecular flexibility index (Phi) is 6.09. The first-order valence-electron chi connectivity index (χ1n) is 9.63. The van der Waals surface area contributed by atoms with Crippen LogP contribution in [0.5, 0.6) is 0 Å². The normalized spacial score (nSPS) is 23.7. The fraction of sp³-hybridized carbons (Fsp3) is 0.737. The molecule has 2 aliphatic rings. The van der Waals surface area contributed by atoms with Crippen LogP contribution in [-0.2, 0) is 16.0 Å². The minimum atomic E-state index is -0.329. The van der Waals surface area contributed by atoms with Crippen LogP contribution < -0.4 is 5.69 Å². The number of nitrogens with one attached hydrogen (secondary N) is 1. The van der Waals surface area contributed by atoms with Crippen molar-refractivity contribution in [3.05, 3.63) is 27.4 Å². The first-order valence-corrected chi connectivity index (χ1v) is 9.63. The van der Waals surface area contributed by atoms with Crippen LogP contribution in [0.3, 0.4) is 0 Å². The molecule has 1 amide bonds. The van der Waals surface area contributed by atoms with Gasteiger partial charge in [-0.2, -0.15) is 4.98 Å². The lowest BCUT2D eigenvalue weighted by atomic mass is 10.1. The number of amides is 1. The Morgan fingerprint density at radius 2 is 2.08 bits per heavy atom. The van der Waals surface area contributed by atoms with Crippen molar-refractivity contribution in [2.75, 3.05) is 39.4 Å². The molecule has 2 bridgehead atoms. The highest BCUT2D eigenvalue weighted by Gasteiger charge is 2.35. The zero-order valence-corrected chi connectivity index (χ0v) is 16.1. The van der Waals surface area contributed by atoms with E-state index in [-0.39, 0.29) is 17.6 Å². The third-order valence-corrected chi connectivity index (χ3v) is 5.45. The van der Waals surface area contributed by atoms with Crippen LogP contribution in [-0.4, -0.2) is 71.1 Å². The molecule has 144 valence electrons. The van der Waals surface area contributed by atoms with Gasteiger partial charge in [0.2, 0.25) is 5.91 Å². The first-order chi connectivity index (χ1) is 12.5. The van der Waals surface area contributed by atoms with Crippen LogP contribution in [0.25, 0.3) is 0 Å². The summed E-state index contributed by atoms with van der Waals surface area (Å²) in [5, 5.41) is 0. The van der Waals surface area contributed by atoms with E-state index in [1.165, 1.54) is 0 Å². The molecule has 2 aliphatic heterocycles. The SMILES string of the molecule is CCCN1C[C@@H]2COC[C@H](C1)N(C(=O)CCc1c(C)nc(=O)[nH]c1C)C2. The molecule has 26 heavy (non-hydrogen) atoms. The quantitative estimate of drug-likeness (QED) is 0.842. The largest absolute Gasteiger partial charge is 0.379 e. The standard InChI is InChI=1S/C19H30N4O3/c1-4-7-22-8-15-9-23(16(10-22)12-26-11-15)18(24)6-5-17-13(2)20-19(25)21-14(17)3/h15-16H,4-12H2,1-3H3,(H,20,21,25)/t15-,16-/m0/s1. The molecule has 2 saturated heterocycles. The molecule has 7 heteroatoms. The summed E-state index contributed by atoms with van der Waals surface area (Å²) in [6.07, 6.45) is 2.17. The Morgan fingerprint density at radius 1 is 1.27 bits per heavy atom. The number of ether oxygens (including phenoxy) is 1. The van der Waals surface area contributed by atoms with Gasteiger partial charge in [-0.1, -0.05) is 6.92 Å². The van der Waals surface area contributed by atoms with Gasteiger partial charge in [0.1, 0.15) is 0 Å². The van der Waals surface area contributed by atoms with Gasteiger partial charge >= 0.3 is 5.69 Å². The minimum absolute atomic E-state index is 0.137. The highest BCUT2D eigenvalue weighted by Crippen LogP contribution is 2.21. The lowest BCUT2D eigenvalue weighted by Crippen LogP contribution is -2.46. The molecule has 0 radical (unpaired) electrons. The van der Waals surface area contributed by atoms with Crippen molar-refractivity contribution in [1.29, 1.82) is 0 Å². The molecule has 0 saturated carbocycles. The summed E-state index contributed by atoms with van der Waals surface area (Å²) >= 11 is 0. The second kappa shape index (κ2) is 8.31. The summed E-state index contributed by atoms with van der Waals surface area (Å²) in [6, 6.07) is 0.137. The second-order valence-electron chi connectivity index (χ2n) is 7.59. The number of rotatable bonds is 5. The van der Waals surface area contributed by atoms with Gasteiger partial charge in [-0.15, -0.1) is 0 Å². The van der Waals surface area contributed by atoms with Crippen molar-refractivity contribution in [2.45, 2.75) is 46.1 Å². The second-order valence-corrected chi connectivity index (χ2v) is 7.59. The molecule has 0 unspecified atom stereocenters. The molecule has 0 aromatic carbocycles. The first kappa shape index (κ1) is 19.0. The van der Waals surface area contributed by atoms with Gasteiger partial charge in [0.05, 0.1) is 19.3 Å². The van der Waals surface area contributed by atoms with Crippen LogP contribution >= 0.6 is 0 Å².